The van der Waals surface area contributed by atoms with E-state index in [1.165, 1.54) is 19.1 Å². The fourth-order valence-electron chi connectivity index (χ4n) is 3.74. The molecule has 158 valence electrons. The molecule has 9 heteroatoms. The van der Waals surface area contributed by atoms with Crippen molar-refractivity contribution in [3.8, 4) is 0 Å². The minimum atomic E-state index is -1.44. The number of fused-ring (bicyclic) bond motifs is 1. The molecule has 2 aromatic carbocycles. The summed E-state index contributed by atoms with van der Waals surface area (Å²) in [7, 11) is 0. The van der Waals surface area contributed by atoms with E-state index < -0.39 is 29.2 Å². The Morgan fingerprint density at radius 3 is 2.42 bits per heavy atom. The molecule has 2 aliphatic heterocycles. The average molecular weight is 440 g/mol. The van der Waals surface area contributed by atoms with Gasteiger partial charge in [-0.3, -0.25) is 34.2 Å². The molecule has 1 fully saturated rings. The maximum Gasteiger partial charge on any atom is 0.262 e. The number of benzene rings is 2. The Morgan fingerprint density at radius 1 is 1.06 bits per heavy atom. The van der Waals surface area contributed by atoms with Crippen molar-refractivity contribution in [2.24, 2.45) is 0 Å². The lowest BCUT2D eigenvalue weighted by atomic mass is 9.89. The van der Waals surface area contributed by atoms with Crippen LogP contribution in [0.25, 0.3) is 0 Å². The molecule has 0 aliphatic carbocycles. The largest absolute Gasteiger partial charge is 0.348 e. The zero-order chi connectivity index (χ0) is 22.3. The summed E-state index contributed by atoms with van der Waals surface area (Å²) in [5.74, 6) is -2.59. The predicted molar refractivity (Wildman–Crippen MR) is 110 cm³/mol. The van der Waals surface area contributed by atoms with E-state index in [0.717, 1.165) is 4.90 Å². The van der Waals surface area contributed by atoms with Crippen molar-refractivity contribution in [1.82, 2.24) is 15.5 Å². The van der Waals surface area contributed by atoms with Gasteiger partial charge in [-0.25, -0.2) is 0 Å². The second-order valence-corrected chi connectivity index (χ2v) is 8.10. The summed E-state index contributed by atoms with van der Waals surface area (Å²) in [6, 6.07) is 11.1. The number of hydrogen-bond acceptors (Lipinski definition) is 5. The van der Waals surface area contributed by atoms with Gasteiger partial charge in [-0.15, -0.1) is 0 Å². The highest BCUT2D eigenvalue weighted by Gasteiger charge is 2.52. The third-order valence-electron chi connectivity index (χ3n) is 5.58. The van der Waals surface area contributed by atoms with E-state index in [2.05, 4.69) is 10.6 Å². The third kappa shape index (κ3) is 3.59. The van der Waals surface area contributed by atoms with E-state index in [4.69, 9.17) is 11.6 Å². The van der Waals surface area contributed by atoms with Gasteiger partial charge in [-0.2, -0.15) is 0 Å². The van der Waals surface area contributed by atoms with Crippen LogP contribution in [0.2, 0.25) is 5.02 Å². The Morgan fingerprint density at radius 2 is 1.74 bits per heavy atom. The van der Waals surface area contributed by atoms with Gasteiger partial charge in [0.05, 0.1) is 11.1 Å². The fourth-order valence-corrected chi connectivity index (χ4v) is 3.87. The molecule has 0 bridgehead atoms. The van der Waals surface area contributed by atoms with Gasteiger partial charge >= 0.3 is 0 Å². The van der Waals surface area contributed by atoms with Crippen LogP contribution in [-0.4, -0.2) is 40.0 Å². The minimum absolute atomic E-state index is 0.0393. The Balaban J connectivity index is 1.53. The van der Waals surface area contributed by atoms with Crippen LogP contribution in [0.4, 0.5) is 0 Å². The molecule has 2 heterocycles. The number of amides is 5. The molecule has 0 unspecified atom stereocenters. The first-order chi connectivity index (χ1) is 14.7. The molecule has 8 nitrogen and oxygen atoms in total. The molecular weight excluding hydrogens is 422 g/mol. The lowest BCUT2D eigenvalue weighted by molar-refractivity contribution is -0.140. The number of halogens is 1. The quantitative estimate of drug-likeness (QED) is 0.708. The second kappa shape index (κ2) is 7.63. The molecule has 2 aromatic rings. The Labute approximate surface area is 182 Å². The van der Waals surface area contributed by atoms with E-state index in [-0.39, 0.29) is 36.4 Å². The van der Waals surface area contributed by atoms with Crippen molar-refractivity contribution in [1.29, 1.82) is 0 Å². The number of imide groups is 2. The molecule has 1 atom stereocenters. The molecule has 0 spiro atoms. The van der Waals surface area contributed by atoms with Gasteiger partial charge in [-0.1, -0.05) is 17.7 Å². The second-order valence-electron chi connectivity index (χ2n) is 7.67. The lowest BCUT2D eigenvalue weighted by Crippen LogP contribution is -2.62. The molecule has 4 rings (SSSR count). The van der Waals surface area contributed by atoms with E-state index in [1.54, 1.807) is 30.3 Å². The van der Waals surface area contributed by atoms with Crippen LogP contribution in [0.15, 0.2) is 42.5 Å². The van der Waals surface area contributed by atoms with Crippen molar-refractivity contribution >= 4 is 41.1 Å². The van der Waals surface area contributed by atoms with Crippen LogP contribution in [0.5, 0.6) is 0 Å². The first-order valence-electron chi connectivity index (χ1n) is 9.60. The monoisotopic (exact) mass is 439 g/mol. The van der Waals surface area contributed by atoms with Gasteiger partial charge in [-0.05, 0) is 55.3 Å². The summed E-state index contributed by atoms with van der Waals surface area (Å²) in [4.78, 5) is 63.0. The van der Waals surface area contributed by atoms with Crippen LogP contribution in [0.3, 0.4) is 0 Å². The summed E-state index contributed by atoms with van der Waals surface area (Å²) in [6.45, 7) is 1.62. The molecule has 0 saturated carbocycles. The maximum absolute atomic E-state index is 13.0. The van der Waals surface area contributed by atoms with Crippen molar-refractivity contribution in [2.45, 2.75) is 31.8 Å². The lowest BCUT2D eigenvalue weighted by Gasteiger charge is -2.38. The SMILES string of the molecule is C[C@]1(N2C(=O)c3ccc(CNC(=O)c4ccc(Cl)cc4)cc3C2=O)CCC(=O)NC1=O. The zero-order valence-electron chi connectivity index (χ0n) is 16.5. The highest BCUT2D eigenvalue weighted by molar-refractivity contribution is 6.30. The fraction of sp³-hybridized carbons (Fsp3) is 0.227. The van der Waals surface area contributed by atoms with Crippen molar-refractivity contribution in [2.75, 3.05) is 0 Å². The number of hydrogen-bond donors (Lipinski definition) is 2. The number of nitrogens with zero attached hydrogens (tertiary/aromatic N) is 1. The van der Waals surface area contributed by atoms with Crippen LogP contribution in [0.1, 0.15) is 56.4 Å². The van der Waals surface area contributed by atoms with E-state index in [1.807, 2.05) is 0 Å². The van der Waals surface area contributed by atoms with Crippen molar-refractivity contribution < 1.29 is 24.0 Å². The summed E-state index contributed by atoms with van der Waals surface area (Å²) < 4.78 is 0. The number of rotatable bonds is 4. The van der Waals surface area contributed by atoms with Crippen molar-refractivity contribution in [3.63, 3.8) is 0 Å². The number of nitrogens with one attached hydrogen (secondary N) is 2. The minimum Gasteiger partial charge on any atom is -0.348 e. The zero-order valence-corrected chi connectivity index (χ0v) is 17.3. The Bertz CT molecular complexity index is 1140. The number of carbonyl (C=O) groups is 5. The van der Waals surface area contributed by atoms with Gasteiger partial charge in [0.1, 0.15) is 5.54 Å². The number of piperidine rings is 1. The standard InChI is InChI=1S/C22H18ClN3O5/c1-22(9-8-17(27)25-21(22)31)26-19(29)15-7-2-12(10-16(15)20(26)30)11-24-18(28)13-3-5-14(23)6-4-13/h2-7,10H,8-9,11H2,1H3,(H,24,28)(H,25,27,31)/t22-/m0/s1. The Kier molecular flexibility index (Phi) is 5.10. The van der Waals surface area contributed by atoms with E-state index >= 15 is 0 Å². The van der Waals surface area contributed by atoms with Crippen LogP contribution in [-0.2, 0) is 16.1 Å². The summed E-state index contributed by atoms with van der Waals surface area (Å²) >= 11 is 5.83. The molecule has 2 aliphatic rings. The van der Waals surface area contributed by atoms with Crippen molar-refractivity contribution in [3.05, 3.63) is 69.7 Å². The smallest absolute Gasteiger partial charge is 0.262 e. The first-order valence-corrected chi connectivity index (χ1v) is 9.98. The van der Waals surface area contributed by atoms with Crippen LogP contribution < -0.4 is 10.6 Å². The highest BCUT2D eigenvalue weighted by Crippen LogP contribution is 2.34. The maximum atomic E-state index is 13.0. The van der Waals surface area contributed by atoms with Gasteiger partial charge in [0.2, 0.25) is 5.91 Å². The normalized spacial score (nSPS) is 20.5. The molecular formula is C22H18ClN3O5. The van der Waals surface area contributed by atoms with E-state index in [0.29, 0.717) is 16.1 Å². The Hall–Kier alpha value is -3.52. The molecule has 5 amide bonds. The third-order valence-corrected chi connectivity index (χ3v) is 5.84. The predicted octanol–water partition coefficient (Wildman–Crippen LogP) is 2.06. The van der Waals surface area contributed by atoms with Crippen LogP contribution >= 0.6 is 11.6 Å². The molecule has 31 heavy (non-hydrogen) atoms. The first kappa shape index (κ1) is 20.7. The molecule has 2 N–H and O–H groups in total. The number of carbonyl (C=O) groups excluding carboxylic acids is 5. The van der Waals surface area contributed by atoms with Crippen LogP contribution in [0, 0.1) is 0 Å². The molecule has 1 saturated heterocycles. The van der Waals surface area contributed by atoms with Gasteiger partial charge in [0.25, 0.3) is 23.6 Å². The van der Waals surface area contributed by atoms with E-state index in [9.17, 15) is 24.0 Å². The van der Waals surface area contributed by atoms with Gasteiger partial charge in [0.15, 0.2) is 0 Å². The summed E-state index contributed by atoms with van der Waals surface area (Å²) in [5.41, 5.74) is -0.0338. The topological polar surface area (TPSA) is 113 Å². The highest BCUT2D eigenvalue weighted by atomic mass is 35.5. The van der Waals surface area contributed by atoms with Gasteiger partial charge in [0, 0.05) is 23.6 Å². The molecule has 0 aromatic heterocycles. The molecule has 0 radical (unpaired) electrons. The van der Waals surface area contributed by atoms with Gasteiger partial charge < -0.3 is 5.32 Å². The summed E-state index contributed by atoms with van der Waals surface area (Å²) in [6.07, 6.45) is 0.102. The summed E-state index contributed by atoms with van der Waals surface area (Å²) in [5, 5.41) is 5.47. The average Bonchev–Trinajstić information content (AvgIpc) is 3.00.